The number of carbonyl (C=O) groups is 1. The largest absolute Gasteiger partial charge is 0.509 e. The van der Waals surface area contributed by atoms with Crippen molar-refractivity contribution in [2.75, 3.05) is 6.61 Å². The highest BCUT2D eigenvalue weighted by molar-refractivity contribution is 5.64. The first kappa shape index (κ1) is 10.6. The molecule has 16 heavy (non-hydrogen) atoms. The fourth-order valence-corrected chi connectivity index (χ4v) is 1.55. The van der Waals surface area contributed by atoms with E-state index in [1.165, 1.54) is 12.1 Å². The Balaban J connectivity index is 2.49. The summed E-state index contributed by atoms with van der Waals surface area (Å²) in [7, 11) is 0. The Kier molecular flexibility index (Phi) is 2.38. The number of rotatable bonds is 2. The van der Waals surface area contributed by atoms with E-state index in [2.05, 4.69) is 11.3 Å². The first-order chi connectivity index (χ1) is 7.57. The lowest BCUT2D eigenvalue weighted by molar-refractivity contribution is 0.0866. The average molecular weight is 226 g/mol. The summed E-state index contributed by atoms with van der Waals surface area (Å²) >= 11 is 0. The van der Waals surface area contributed by atoms with Crippen LogP contribution in [0.15, 0.2) is 30.9 Å². The molecule has 5 heteroatoms. The van der Waals surface area contributed by atoms with Crippen molar-refractivity contribution in [2.24, 2.45) is 0 Å². The third kappa shape index (κ3) is 1.54. The van der Waals surface area contributed by atoms with Gasteiger partial charge in [0.2, 0.25) is 0 Å². The standard InChI is InChI=1S/C11H8F2O3/c1-2-11(6-15-10(14)16-11)8-4-3-7(12)5-9(8)13/h2-5H,1,6H2/t11-/m0/s1. The molecule has 0 unspecified atom stereocenters. The normalized spacial score (nSPS) is 23.8. The fraction of sp³-hybridized carbons (Fsp3) is 0.182. The van der Waals surface area contributed by atoms with Crippen molar-refractivity contribution in [1.29, 1.82) is 0 Å². The molecule has 84 valence electrons. The minimum atomic E-state index is -1.37. The van der Waals surface area contributed by atoms with Crippen LogP contribution in [0.5, 0.6) is 0 Å². The molecule has 3 nitrogen and oxygen atoms in total. The van der Waals surface area contributed by atoms with Crippen LogP contribution in [0.3, 0.4) is 0 Å². The van der Waals surface area contributed by atoms with Crippen LogP contribution in [0.2, 0.25) is 0 Å². The topological polar surface area (TPSA) is 35.5 Å². The molecule has 2 rings (SSSR count). The number of carbonyl (C=O) groups excluding carboxylic acids is 1. The molecule has 0 saturated carbocycles. The van der Waals surface area contributed by atoms with Crippen LogP contribution >= 0.6 is 0 Å². The Morgan fingerprint density at radius 3 is 2.69 bits per heavy atom. The van der Waals surface area contributed by atoms with E-state index in [1.54, 1.807) is 0 Å². The van der Waals surface area contributed by atoms with Crippen LogP contribution in [-0.2, 0) is 15.1 Å². The lowest BCUT2D eigenvalue weighted by atomic mass is 9.94. The Morgan fingerprint density at radius 1 is 1.44 bits per heavy atom. The highest BCUT2D eigenvalue weighted by Gasteiger charge is 2.43. The van der Waals surface area contributed by atoms with E-state index in [-0.39, 0.29) is 12.2 Å². The molecule has 1 aliphatic heterocycles. The molecule has 0 radical (unpaired) electrons. The highest BCUT2D eigenvalue weighted by Crippen LogP contribution is 2.34. The number of hydrogen-bond acceptors (Lipinski definition) is 3. The van der Waals surface area contributed by atoms with Crippen molar-refractivity contribution >= 4 is 6.16 Å². The van der Waals surface area contributed by atoms with Crippen LogP contribution < -0.4 is 0 Å². The average Bonchev–Trinajstić information content (AvgIpc) is 2.61. The monoisotopic (exact) mass is 226 g/mol. The van der Waals surface area contributed by atoms with E-state index in [0.29, 0.717) is 6.07 Å². The summed E-state index contributed by atoms with van der Waals surface area (Å²) < 4.78 is 35.7. The van der Waals surface area contributed by atoms with Crippen molar-refractivity contribution in [3.05, 3.63) is 48.1 Å². The van der Waals surface area contributed by atoms with Gasteiger partial charge in [-0.3, -0.25) is 0 Å². The maximum atomic E-state index is 13.5. The second kappa shape index (κ2) is 3.59. The van der Waals surface area contributed by atoms with E-state index >= 15 is 0 Å². The van der Waals surface area contributed by atoms with Gasteiger partial charge in [0.15, 0.2) is 5.60 Å². The summed E-state index contributed by atoms with van der Waals surface area (Å²) in [5.41, 5.74) is -1.34. The van der Waals surface area contributed by atoms with Crippen molar-refractivity contribution in [3.63, 3.8) is 0 Å². The molecule has 0 N–H and O–H groups in total. The van der Waals surface area contributed by atoms with Crippen LogP contribution in [-0.4, -0.2) is 12.8 Å². The van der Waals surface area contributed by atoms with Crippen molar-refractivity contribution in [3.8, 4) is 0 Å². The number of benzene rings is 1. The molecule has 1 saturated heterocycles. The summed E-state index contributed by atoms with van der Waals surface area (Å²) in [6, 6.07) is 3.00. The molecule has 1 atom stereocenters. The van der Waals surface area contributed by atoms with E-state index in [4.69, 9.17) is 4.74 Å². The number of cyclic esters (lactones) is 2. The van der Waals surface area contributed by atoms with E-state index < -0.39 is 23.4 Å². The maximum absolute atomic E-state index is 13.5. The SMILES string of the molecule is C=C[C@@]1(c2ccc(F)cc2F)COC(=O)O1. The van der Waals surface area contributed by atoms with Crippen LogP contribution in [0.1, 0.15) is 5.56 Å². The quantitative estimate of drug-likeness (QED) is 0.574. The number of ether oxygens (including phenoxy) is 2. The van der Waals surface area contributed by atoms with Gasteiger partial charge in [-0.25, -0.2) is 13.6 Å². The van der Waals surface area contributed by atoms with Gasteiger partial charge in [0.05, 0.1) is 0 Å². The summed E-state index contributed by atoms with van der Waals surface area (Å²) in [5.74, 6) is -1.51. The first-order valence-corrected chi connectivity index (χ1v) is 4.52. The zero-order valence-electron chi connectivity index (χ0n) is 8.20. The van der Waals surface area contributed by atoms with Crippen LogP contribution in [0, 0.1) is 11.6 Å². The van der Waals surface area contributed by atoms with Crippen LogP contribution in [0.4, 0.5) is 13.6 Å². The molecule has 1 heterocycles. The second-order valence-corrected chi connectivity index (χ2v) is 3.36. The Labute approximate surface area is 90.3 Å². The zero-order chi connectivity index (χ0) is 11.8. The lowest BCUT2D eigenvalue weighted by Gasteiger charge is -2.21. The van der Waals surface area contributed by atoms with Crippen molar-refractivity contribution < 1.29 is 23.0 Å². The maximum Gasteiger partial charge on any atom is 0.509 e. The molecule has 0 bridgehead atoms. The molecule has 1 aliphatic rings. The lowest BCUT2D eigenvalue weighted by Crippen LogP contribution is -2.27. The summed E-state index contributed by atoms with van der Waals surface area (Å²) in [6.07, 6.45) is 0.359. The van der Waals surface area contributed by atoms with Gasteiger partial charge in [0, 0.05) is 11.6 Å². The van der Waals surface area contributed by atoms with Gasteiger partial charge in [0.25, 0.3) is 0 Å². The Morgan fingerprint density at radius 2 is 2.19 bits per heavy atom. The highest BCUT2D eigenvalue weighted by atomic mass is 19.1. The minimum absolute atomic E-state index is 0.0229. The molecule has 1 fully saturated rings. The molecule has 0 aliphatic carbocycles. The first-order valence-electron chi connectivity index (χ1n) is 4.52. The third-order valence-electron chi connectivity index (χ3n) is 2.39. The van der Waals surface area contributed by atoms with Crippen molar-refractivity contribution in [1.82, 2.24) is 0 Å². The van der Waals surface area contributed by atoms with Crippen molar-refractivity contribution in [2.45, 2.75) is 5.60 Å². The molecule has 0 amide bonds. The van der Waals surface area contributed by atoms with Crippen LogP contribution in [0.25, 0.3) is 0 Å². The number of hydrogen-bond donors (Lipinski definition) is 0. The summed E-state index contributed by atoms with van der Waals surface area (Å²) in [5, 5.41) is 0. The predicted octanol–water partition coefficient (Wildman–Crippen LogP) is 2.51. The van der Waals surface area contributed by atoms with Gasteiger partial charge < -0.3 is 9.47 Å². The van der Waals surface area contributed by atoms with Gasteiger partial charge in [-0.2, -0.15) is 0 Å². The van der Waals surface area contributed by atoms with Gasteiger partial charge in [-0.05, 0) is 18.2 Å². The third-order valence-corrected chi connectivity index (χ3v) is 2.39. The van der Waals surface area contributed by atoms with E-state index in [1.807, 2.05) is 0 Å². The van der Waals surface area contributed by atoms with Gasteiger partial charge in [-0.1, -0.05) is 6.58 Å². The molecule has 0 aromatic heterocycles. The molecular formula is C11H8F2O3. The smallest absolute Gasteiger partial charge is 0.429 e. The zero-order valence-corrected chi connectivity index (χ0v) is 8.20. The Bertz CT molecular complexity index is 459. The van der Waals surface area contributed by atoms with Gasteiger partial charge in [-0.15, -0.1) is 0 Å². The predicted molar refractivity (Wildman–Crippen MR) is 50.7 cm³/mol. The number of halogens is 2. The molecular weight excluding hydrogens is 218 g/mol. The van der Waals surface area contributed by atoms with E-state index in [0.717, 1.165) is 6.07 Å². The van der Waals surface area contributed by atoms with Gasteiger partial charge >= 0.3 is 6.16 Å². The summed E-state index contributed by atoms with van der Waals surface area (Å²) in [4.78, 5) is 10.9. The minimum Gasteiger partial charge on any atom is -0.429 e. The second-order valence-electron chi connectivity index (χ2n) is 3.36. The van der Waals surface area contributed by atoms with Gasteiger partial charge in [0.1, 0.15) is 18.2 Å². The molecule has 0 spiro atoms. The molecule has 1 aromatic rings. The molecule has 1 aromatic carbocycles. The Hall–Kier alpha value is -1.91. The summed E-state index contributed by atoms with van der Waals surface area (Å²) in [6.45, 7) is 3.30. The van der Waals surface area contributed by atoms with E-state index in [9.17, 15) is 13.6 Å². The fourth-order valence-electron chi connectivity index (χ4n) is 1.55.